The smallest absolute Gasteiger partial charge is 0.257 e. The molecule has 0 aliphatic carbocycles. The maximum atomic E-state index is 12.5. The molecule has 0 aliphatic rings. The van der Waals surface area contributed by atoms with E-state index in [1.54, 1.807) is 53.4 Å². The molecule has 0 atom stereocenters. The molecule has 0 heterocycles. The molecule has 2 aromatic carbocycles. The number of amides is 2. The lowest BCUT2D eigenvalue weighted by Crippen LogP contribution is -2.34. The van der Waals surface area contributed by atoms with Crippen LogP contribution in [0.3, 0.4) is 0 Å². The maximum absolute atomic E-state index is 12.5. The maximum Gasteiger partial charge on any atom is 0.257 e. The van der Waals surface area contributed by atoms with Crippen molar-refractivity contribution in [2.75, 3.05) is 18.4 Å². The zero-order chi connectivity index (χ0) is 21.4. The molecule has 0 bridgehead atoms. The molecule has 29 heavy (non-hydrogen) atoms. The van der Waals surface area contributed by atoms with Crippen molar-refractivity contribution in [2.45, 2.75) is 33.8 Å². The fraction of sp³-hybridized carbons (Fsp3) is 0.318. The molecule has 7 heteroatoms. The Morgan fingerprint density at radius 1 is 1.03 bits per heavy atom. The van der Waals surface area contributed by atoms with Gasteiger partial charge >= 0.3 is 0 Å². The van der Waals surface area contributed by atoms with E-state index in [0.717, 1.165) is 0 Å². The number of nitrogens with one attached hydrogen (secondary N) is 2. The van der Waals surface area contributed by atoms with Crippen molar-refractivity contribution < 1.29 is 14.3 Å². The van der Waals surface area contributed by atoms with E-state index in [0.29, 0.717) is 35.7 Å². The molecule has 0 radical (unpaired) electrons. The summed E-state index contributed by atoms with van der Waals surface area (Å²) in [7, 11) is 0. The minimum Gasteiger partial charge on any atom is -0.491 e. The molecule has 6 nitrogen and oxygen atoms in total. The molecule has 0 saturated heterocycles. The molecule has 0 saturated carbocycles. The van der Waals surface area contributed by atoms with Crippen LogP contribution in [0.25, 0.3) is 0 Å². The Kier molecular flexibility index (Phi) is 8.15. The Morgan fingerprint density at radius 3 is 2.34 bits per heavy atom. The highest BCUT2D eigenvalue weighted by Gasteiger charge is 2.14. The van der Waals surface area contributed by atoms with Crippen LogP contribution in [0.5, 0.6) is 5.75 Å². The molecule has 154 valence electrons. The number of rotatable bonds is 7. The van der Waals surface area contributed by atoms with Crippen LogP contribution in [0, 0.1) is 0 Å². The van der Waals surface area contributed by atoms with Gasteiger partial charge in [0.15, 0.2) is 5.11 Å². The highest BCUT2D eigenvalue weighted by atomic mass is 32.1. The van der Waals surface area contributed by atoms with Gasteiger partial charge in [-0.3, -0.25) is 14.9 Å². The number of thiocarbonyl (C=S) groups is 1. The fourth-order valence-electron chi connectivity index (χ4n) is 2.74. The van der Waals surface area contributed by atoms with Gasteiger partial charge in [-0.05, 0) is 76.3 Å². The van der Waals surface area contributed by atoms with E-state index >= 15 is 0 Å². The summed E-state index contributed by atoms with van der Waals surface area (Å²) < 4.78 is 5.61. The van der Waals surface area contributed by atoms with Crippen molar-refractivity contribution in [2.24, 2.45) is 0 Å². The normalized spacial score (nSPS) is 10.4. The average molecular weight is 414 g/mol. The molecule has 0 fully saturated rings. The molecule has 2 rings (SSSR count). The quantitative estimate of drug-likeness (QED) is 0.669. The minimum atomic E-state index is -0.341. The second-order valence-corrected chi connectivity index (χ2v) is 7.07. The van der Waals surface area contributed by atoms with Gasteiger partial charge < -0.3 is 15.0 Å². The van der Waals surface area contributed by atoms with Crippen molar-refractivity contribution in [3.63, 3.8) is 0 Å². The lowest BCUT2D eigenvalue weighted by molar-refractivity contribution is 0.0772. The molecule has 2 amide bonds. The lowest BCUT2D eigenvalue weighted by Gasteiger charge is -2.19. The predicted molar refractivity (Wildman–Crippen MR) is 120 cm³/mol. The van der Waals surface area contributed by atoms with E-state index in [2.05, 4.69) is 10.6 Å². The van der Waals surface area contributed by atoms with Crippen molar-refractivity contribution in [1.29, 1.82) is 0 Å². The van der Waals surface area contributed by atoms with Crippen LogP contribution in [0.15, 0.2) is 48.5 Å². The van der Waals surface area contributed by atoms with E-state index in [-0.39, 0.29) is 23.0 Å². The number of anilines is 1. The van der Waals surface area contributed by atoms with Crippen LogP contribution in [-0.4, -0.2) is 41.0 Å². The molecular formula is C22H27N3O3S. The number of benzene rings is 2. The summed E-state index contributed by atoms with van der Waals surface area (Å²) in [4.78, 5) is 26.7. The fourth-order valence-corrected chi connectivity index (χ4v) is 2.95. The lowest BCUT2D eigenvalue weighted by atomic mass is 10.1. The zero-order valence-corrected chi connectivity index (χ0v) is 18.0. The number of carbonyl (C=O) groups excluding carboxylic acids is 2. The van der Waals surface area contributed by atoms with E-state index < -0.39 is 0 Å². The Morgan fingerprint density at radius 2 is 1.69 bits per heavy atom. The highest BCUT2D eigenvalue weighted by Crippen LogP contribution is 2.16. The number of hydrogen-bond acceptors (Lipinski definition) is 4. The second kappa shape index (κ2) is 10.6. The van der Waals surface area contributed by atoms with Crippen LogP contribution in [0.2, 0.25) is 0 Å². The Labute approximate surface area is 177 Å². The summed E-state index contributed by atoms with van der Waals surface area (Å²) in [5, 5.41) is 5.76. The van der Waals surface area contributed by atoms with E-state index in [1.165, 1.54) is 0 Å². The summed E-state index contributed by atoms with van der Waals surface area (Å²) in [5.74, 6) is 0.233. The molecule has 2 N–H and O–H groups in total. The van der Waals surface area contributed by atoms with Crippen LogP contribution in [-0.2, 0) is 0 Å². The molecular weight excluding hydrogens is 386 g/mol. The summed E-state index contributed by atoms with van der Waals surface area (Å²) in [6.45, 7) is 9.00. The van der Waals surface area contributed by atoms with Gasteiger partial charge in [0, 0.05) is 29.9 Å². The van der Waals surface area contributed by atoms with Gasteiger partial charge in [-0.15, -0.1) is 0 Å². The van der Waals surface area contributed by atoms with Gasteiger partial charge in [0.2, 0.25) is 0 Å². The van der Waals surface area contributed by atoms with Gasteiger partial charge in [-0.2, -0.15) is 0 Å². The molecule has 2 aromatic rings. The average Bonchev–Trinajstić information content (AvgIpc) is 2.68. The van der Waals surface area contributed by atoms with Crippen LogP contribution < -0.4 is 15.4 Å². The first-order valence-corrected chi connectivity index (χ1v) is 10.0. The Balaban J connectivity index is 2.03. The van der Waals surface area contributed by atoms with Crippen LogP contribution >= 0.6 is 12.2 Å². The SMILES string of the molecule is CCN(CC)C(=O)c1cccc(NC(=S)NC(=O)c2cccc(OC(C)C)c2)c1. The van der Waals surface area contributed by atoms with E-state index in [9.17, 15) is 9.59 Å². The largest absolute Gasteiger partial charge is 0.491 e. The summed E-state index contributed by atoms with van der Waals surface area (Å²) in [6, 6.07) is 13.9. The Bertz CT molecular complexity index is 879. The second-order valence-electron chi connectivity index (χ2n) is 6.66. The first-order chi connectivity index (χ1) is 13.8. The highest BCUT2D eigenvalue weighted by molar-refractivity contribution is 7.80. The number of ether oxygens (including phenoxy) is 1. The molecule has 0 unspecified atom stereocenters. The Hall–Kier alpha value is -2.93. The van der Waals surface area contributed by atoms with E-state index in [1.807, 2.05) is 27.7 Å². The van der Waals surface area contributed by atoms with Gasteiger partial charge in [0.05, 0.1) is 6.10 Å². The summed E-state index contributed by atoms with van der Waals surface area (Å²) in [6.07, 6.45) is 0.0161. The summed E-state index contributed by atoms with van der Waals surface area (Å²) in [5.41, 5.74) is 1.63. The third kappa shape index (κ3) is 6.57. The van der Waals surface area contributed by atoms with Crippen molar-refractivity contribution in [3.8, 4) is 5.75 Å². The van der Waals surface area contributed by atoms with Crippen molar-refractivity contribution >= 4 is 34.8 Å². The van der Waals surface area contributed by atoms with Gasteiger partial charge in [0.1, 0.15) is 5.75 Å². The first-order valence-electron chi connectivity index (χ1n) is 9.62. The molecule has 0 aromatic heterocycles. The third-order valence-corrected chi connectivity index (χ3v) is 4.32. The molecule has 0 spiro atoms. The van der Waals surface area contributed by atoms with Gasteiger partial charge in [-0.1, -0.05) is 12.1 Å². The van der Waals surface area contributed by atoms with Crippen LogP contribution in [0.1, 0.15) is 48.4 Å². The van der Waals surface area contributed by atoms with Gasteiger partial charge in [-0.25, -0.2) is 0 Å². The zero-order valence-electron chi connectivity index (χ0n) is 17.2. The number of hydrogen-bond donors (Lipinski definition) is 2. The first kappa shape index (κ1) is 22.4. The topological polar surface area (TPSA) is 70.7 Å². The number of carbonyl (C=O) groups is 2. The van der Waals surface area contributed by atoms with Gasteiger partial charge in [0.25, 0.3) is 11.8 Å². The minimum absolute atomic E-state index is 0.0161. The number of nitrogens with zero attached hydrogens (tertiary/aromatic N) is 1. The third-order valence-electron chi connectivity index (χ3n) is 4.11. The standard InChI is InChI=1S/C22H27N3O3S/c1-5-25(6-2)21(27)17-10-7-11-18(13-17)23-22(29)24-20(26)16-9-8-12-19(14-16)28-15(3)4/h7-15H,5-6H2,1-4H3,(H2,23,24,26,29). The van der Waals surface area contributed by atoms with Crippen molar-refractivity contribution in [1.82, 2.24) is 10.2 Å². The van der Waals surface area contributed by atoms with Crippen LogP contribution in [0.4, 0.5) is 5.69 Å². The van der Waals surface area contributed by atoms with E-state index in [4.69, 9.17) is 17.0 Å². The summed E-state index contributed by atoms with van der Waals surface area (Å²) >= 11 is 5.25. The van der Waals surface area contributed by atoms with Crippen molar-refractivity contribution in [3.05, 3.63) is 59.7 Å². The predicted octanol–water partition coefficient (Wildman–Crippen LogP) is 4.08. The molecule has 0 aliphatic heterocycles. The monoisotopic (exact) mass is 413 g/mol.